The number of fused-ring (bicyclic) bond motifs is 6. The Balaban J connectivity index is 1.10. The molecule has 0 radical (unpaired) electrons. The topological polar surface area (TPSA) is 9.86 Å². The normalized spacial score (nSPS) is 13.1. The Morgan fingerprint density at radius 2 is 0.900 bits per heavy atom. The molecule has 9 aromatic rings. The summed E-state index contributed by atoms with van der Waals surface area (Å²) in [6.07, 6.45) is 8.88. The molecule has 1 aliphatic carbocycles. The number of hydrogen-bond acceptors (Lipinski definition) is 0. The molecule has 0 spiro atoms. The van der Waals surface area contributed by atoms with Gasteiger partial charge in [0.15, 0.2) is 0 Å². The van der Waals surface area contributed by atoms with Crippen molar-refractivity contribution in [1.82, 2.24) is 9.13 Å². The van der Waals surface area contributed by atoms with Gasteiger partial charge in [-0.15, -0.1) is 0 Å². The van der Waals surface area contributed by atoms with E-state index in [2.05, 4.69) is 191 Å². The van der Waals surface area contributed by atoms with Crippen molar-refractivity contribution in [3.8, 4) is 33.6 Å². The molecule has 2 heteroatoms. The quantitative estimate of drug-likeness (QED) is 0.178. The fourth-order valence-corrected chi connectivity index (χ4v) is 7.98. The summed E-state index contributed by atoms with van der Waals surface area (Å²) >= 11 is 0. The molecule has 0 saturated heterocycles. The van der Waals surface area contributed by atoms with Gasteiger partial charge in [-0.3, -0.25) is 0 Å². The van der Waals surface area contributed by atoms with Gasteiger partial charge >= 0.3 is 0 Å². The standard InChI is InChI=1S/C48H34N2/c1-3-12-33(13-4-1)35-22-26-39(27-23-35)49-45-20-9-7-18-41(45)43-31-37(24-28-47(43)49)38-25-29-48-44(32-38)42-19-8-10-21-46(42)50(48)40-17-11-16-36(30-40)34-14-5-2-6-15-34/h1-3,5-12,14-32H,4,13H2. The summed E-state index contributed by atoms with van der Waals surface area (Å²) in [4.78, 5) is 0. The minimum atomic E-state index is 1.10. The lowest BCUT2D eigenvalue weighted by atomic mass is 9.97. The lowest BCUT2D eigenvalue weighted by molar-refractivity contribution is 1.05. The first-order valence-electron chi connectivity index (χ1n) is 17.5. The van der Waals surface area contributed by atoms with Crippen LogP contribution >= 0.6 is 0 Å². The average Bonchev–Trinajstić information content (AvgIpc) is 3.71. The van der Waals surface area contributed by atoms with Crippen LogP contribution in [0.3, 0.4) is 0 Å². The van der Waals surface area contributed by atoms with Crippen LogP contribution in [0.4, 0.5) is 0 Å². The second-order valence-corrected chi connectivity index (χ2v) is 13.3. The van der Waals surface area contributed by atoms with Crippen LogP contribution in [0.2, 0.25) is 0 Å². The van der Waals surface area contributed by atoms with E-state index in [9.17, 15) is 0 Å². The molecule has 0 fully saturated rings. The van der Waals surface area contributed by atoms with Gasteiger partial charge in [0.1, 0.15) is 0 Å². The molecular formula is C48H34N2. The van der Waals surface area contributed by atoms with Crippen molar-refractivity contribution in [3.05, 3.63) is 188 Å². The van der Waals surface area contributed by atoms with Gasteiger partial charge in [0, 0.05) is 32.9 Å². The van der Waals surface area contributed by atoms with Crippen LogP contribution in [0.5, 0.6) is 0 Å². The van der Waals surface area contributed by atoms with E-state index in [0.717, 1.165) is 12.8 Å². The van der Waals surface area contributed by atoms with Gasteiger partial charge < -0.3 is 9.13 Å². The summed E-state index contributed by atoms with van der Waals surface area (Å²) in [6, 6.07) is 60.1. The third-order valence-corrected chi connectivity index (χ3v) is 10.4. The number of para-hydroxylation sites is 2. The Labute approximate surface area is 291 Å². The average molecular weight is 639 g/mol. The van der Waals surface area contributed by atoms with Gasteiger partial charge in [0.05, 0.1) is 22.1 Å². The van der Waals surface area contributed by atoms with E-state index in [-0.39, 0.29) is 0 Å². The molecule has 10 rings (SSSR count). The SMILES string of the molecule is C1=CCCC(c2ccc(-n3c4ccccc4c4cc(-c5ccc6c(c5)c5ccccc5n6-c5cccc(-c6ccccc6)c5)ccc43)cc2)=C1. The highest BCUT2D eigenvalue weighted by Gasteiger charge is 2.16. The summed E-state index contributed by atoms with van der Waals surface area (Å²) < 4.78 is 4.82. The molecule has 236 valence electrons. The van der Waals surface area contributed by atoms with E-state index in [0.29, 0.717) is 0 Å². The fourth-order valence-electron chi connectivity index (χ4n) is 7.98. The van der Waals surface area contributed by atoms with E-state index in [4.69, 9.17) is 0 Å². The number of nitrogens with zero attached hydrogens (tertiary/aromatic N) is 2. The van der Waals surface area contributed by atoms with Crippen LogP contribution in [0, 0.1) is 0 Å². The minimum absolute atomic E-state index is 1.10. The van der Waals surface area contributed by atoms with Gasteiger partial charge in [-0.05, 0) is 107 Å². The first-order chi connectivity index (χ1) is 24.8. The van der Waals surface area contributed by atoms with Crippen molar-refractivity contribution in [2.75, 3.05) is 0 Å². The smallest absolute Gasteiger partial charge is 0.0541 e. The lowest BCUT2D eigenvalue weighted by Crippen LogP contribution is -1.95. The summed E-state index contributed by atoms with van der Waals surface area (Å²) in [5, 5.41) is 5.05. The third kappa shape index (κ3) is 4.64. The highest BCUT2D eigenvalue weighted by Crippen LogP contribution is 2.39. The summed E-state index contributed by atoms with van der Waals surface area (Å²) in [5.41, 5.74) is 14.8. The maximum atomic E-state index is 2.41. The lowest BCUT2D eigenvalue weighted by Gasteiger charge is -2.12. The number of hydrogen-bond donors (Lipinski definition) is 0. The molecule has 0 aliphatic heterocycles. The molecule has 0 N–H and O–H groups in total. The van der Waals surface area contributed by atoms with E-state index < -0.39 is 0 Å². The summed E-state index contributed by atoms with van der Waals surface area (Å²) in [7, 11) is 0. The number of allylic oxidation sites excluding steroid dienone is 4. The first-order valence-corrected chi connectivity index (χ1v) is 17.5. The second-order valence-electron chi connectivity index (χ2n) is 13.3. The molecule has 2 aromatic heterocycles. The molecule has 0 saturated carbocycles. The second kappa shape index (κ2) is 11.6. The van der Waals surface area contributed by atoms with Crippen LogP contribution in [-0.4, -0.2) is 9.13 Å². The zero-order valence-electron chi connectivity index (χ0n) is 27.6. The van der Waals surface area contributed by atoms with Crippen LogP contribution in [0.15, 0.2) is 182 Å². The van der Waals surface area contributed by atoms with Crippen molar-refractivity contribution in [2.24, 2.45) is 0 Å². The molecule has 7 aromatic carbocycles. The molecule has 0 amide bonds. The Bertz CT molecular complexity index is 2790. The molecule has 0 unspecified atom stereocenters. The molecule has 50 heavy (non-hydrogen) atoms. The van der Waals surface area contributed by atoms with Crippen LogP contribution < -0.4 is 0 Å². The zero-order chi connectivity index (χ0) is 33.0. The maximum absolute atomic E-state index is 2.41. The highest BCUT2D eigenvalue weighted by molar-refractivity contribution is 6.12. The predicted molar refractivity (Wildman–Crippen MR) is 212 cm³/mol. The van der Waals surface area contributed by atoms with E-state index in [1.807, 2.05) is 0 Å². The van der Waals surface area contributed by atoms with E-state index in [1.165, 1.54) is 88.4 Å². The third-order valence-electron chi connectivity index (χ3n) is 10.4. The van der Waals surface area contributed by atoms with Gasteiger partial charge in [-0.25, -0.2) is 0 Å². The monoisotopic (exact) mass is 638 g/mol. The maximum Gasteiger partial charge on any atom is 0.0541 e. The Morgan fingerprint density at radius 3 is 1.54 bits per heavy atom. The Morgan fingerprint density at radius 1 is 0.360 bits per heavy atom. The van der Waals surface area contributed by atoms with Crippen molar-refractivity contribution < 1.29 is 0 Å². The Hall–Kier alpha value is -6.38. The van der Waals surface area contributed by atoms with Crippen LogP contribution in [-0.2, 0) is 0 Å². The van der Waals surface area contributed by atoms with E-state index in [1.54, 1.807) is 0 Å². The van der Waals surface area contributed by atoms with Crippen LogP contribution in [0.1, 0.15) is 18.4 Å². The van der Waals surface area contributed by atoms with Crippen molar-refractivity contribution in [2.45, 2.75) is 12.8 Å². The van der Waals surface area contributed by atoms with Gasteiger partial charge in [0.25, 0.3) is 0 Å². The molecular weight excluding hydrogens is 605 g/mol. The fraction of sp³-hybridized carbons (Fsp3) is 0.0417. The van der Waals surface area contributed by atoms with Gasteiger partial charge in [-0.2, -0.15) is 0 Å². The first kappa shape index (κ1) is 28.6. The molecule has 2 heterocycles. The Kier molecular flexibility index (Phi) is 6.67. The minimum Gasteiger partial charge on any atom is -0.309 e. The molecule has 0 bridgehead atoms. The number of rotatable bonds is 5. The molecule has 2 nitrogen and oxygen atoms in total. The zero-order valence-corrected chi connectivity index (χ0v) is 27.6. The van der Waals surface area contributed by atoms with E-state index >= 15 is 0 Å². The molecule has 1 aliphatic rings. The van der Waals surface area contributed by atoms with Crippen molar-refractivity contribution in [3.63, 3.8) is 0 Å². The summed E-state index contributed by atoms with van der Waals surface area (Å²) in [5.74, 6) is 0. The molecule has 0 atom stereocenters. The highest BCUT2D eigenvalue weighted by atomic mass is 15.0. The number of benzene rings is 7. The number of aromatic nitrogens is 2. The summed E-state index contributed by atoms with van der Waals surface area (Å²) in [6.45, 7) is 0. The van der Waals surface area contributed by atoms with Crippen molar-refractivity contribution >= 4 is 49.2 Å². The van der Waals surface area contributed by atoms with Crippen molar-refractivity contribution in [1.29, 1.82) is 0 Å². The van der Waals surface area contributed by atoms with Crippen LogP contribution in [0.25, 0.3) is 82.8 Å². The van der Waals surface area contributed by atoms with Gasteiger partial charge in [0.2, 0.25) is 0 Å². The largest absolute Gasteiger partial charge is 0.309 e. The van der Waals surface area contributed by atoms with Gasteiger partial charge in [-0.1, -0.05) is 121 Å². The predicted octanol–water partition coefficient (Wildman–Crippen LogP) is 12.9.